The minimum absolute atomic E-state index is 0.0903. The highest BCUT2D eigenvalue weighted by Gasteiger charge is 2.40. The van der Waals surface area contributed by atoms with Crippen LogP contribution in [0.3, 0.4) is 0 Å². The van der Waals surface area contributed by atoms with Crippen LogP contribution in [0.4, 0.5) is 10.5 Å². The molecule has 1 aromatic rings. The van der Waals surface area contributed by atoms with E-state index >= 15 is 0 Å². The molecule has 0 N–H and O–H groups in total. The topological polar surface area (TPSA) is 42.4 Å². The number of pyridine rings is 1. The number of hydrogen-bond acceptors (Lipinski definition) is 3. The number of aryl methyl sites for hydroxylation is 1. The van der Waals surface area contributed by atoms with Crippen molar-refractivity contribution in [1.82, 2.24) is 4.98 Å². The van der Waals surface area contributed by atoms with Crippen LogP contribution in [-0.4, -0.2) is 23.2 Å². The maximum absolute atomic E-state index is 12.3. The standard InChI is InChI=1S/C15H22N2O2/c1-10-7-12-11(8-16-10)15(5,6)9-17(12)13(18)19-14(2,3)4/h7-8H,9H2,1-6H3. The van der Waals surface area contributed by atoms with Gasteiger partial charge in [0.2, 0.25) is 0 Å². The Morgan fingerprint density at radius 1 is 1.42 bits per heavy atom. The minimum Gasteiger partial charge on any atom is -0.443 e. The summed E-state index contributed by atoms with van der Waals surface area (Å²) in [6.45, 7) is 12.4. The largest absolute Gasteiger partial charge is 0.443 e. The van der Waals surface area contributed by atoms with E-state index in [0.29, 0.717) is 6.54 Å². The molecule has 1 aromatic heterocycles. The van der Waals surface area contributed by atoms with Gasteiger partial charge >= 0.3 is 6.09 Å². The van der Waals surface area contributed by atoms with Gasteiger partial charge in [-0.25, -0.2) is 4.79 Å². The number of carbonyl (C=O) groups excluding carboxylic acids is 1. The molecule has 0 bridgehead atoms. The number of aromatic nitrogens is 1. The number of anilines is 1. The van der Waals surface area contributed by atoms with Gasteiger partial charge in [-0.3, -0.25) is 9.88 Å². The molecule has 1 amide bonds. The first kappa shape index (κ1) is 13.8. The van der Waals surface area contributed by atoms with Gasteiger partial charge in [0.25, 0.3) is 0 Å². The van der Waals surface area contributed by atoms with Crippen LogP contribution < -0.4 is 4.90 Å². The molecular formula is C15H22N2O2. The predicted octanol–water partition coefficient (Wildman–Crippen LogP) is 3.42. The van der Waals surface area contributed by atoms with Crippen molar-refractivity contribution >= 4 is 11.8 Å². The Balaban J connectivity index is 2.36. The molecule has 0 unspecified atom stereocenters. The highest BCUT2D eigenvalue weighted by atomic mass is 16.6. The van der Waals surface area contributed by atoms with E-state index < -0.39 is 5.60 Å². The van der Waals surface area contributed by atoms with E-state index in [9.17, 15) is 4.79 Å². The molecule has 4 heteroatoms. The van der Waals surface area contributed by atoms with Gasteiger partial charge in [0.1, 0.15) is 5.60 Å². The molecule has 0 saturated carbocycles. The molecular weight excluding hydrogens is 240 g/mol. The Hall–Kier alpha value is -1.58. The first-order valence-corrected chi connectivity index (χ1v) is 6.58. The average molecular weight is 262 g/mol. The van der Waals surface area contributed by atoms with Crippen LogP contribution in [0.1, 0.15) is 45.9 Å². The second-order valence-corrected chi connectivity index (χ2v) is 6.79. The van der Waals surface area contributed by atoms with Crippen molar-refractivity contribution in [3.63, 3.8) is 0 Å². The van der Waals surface area contributed by atoms with Crippen LogP contribution in [0.5, 0.6) is 0 Å². The van der Waals surface area contributed by atoms with Crippen molar-refractivity contribution in [2.45, 2.75) is 52.6 Å². The van der Waals surface area contributed by atoms with Gasteiger partial charge in [-0.05, 0) is 33.8 Å². The number of nitrogens with zero attached hydrogens (tertiary/aromatic N) is 2. The number of amides is 1. The number of rotatable bonds is 0. The third-order valence-electron chi connectivity index (χ3n) is 3.21. The van der Waals surface area contributed by atoms with Gasteiger partial charge < -0.3 is 4.74 Å². The molecule has 0 aliphatic carbocycles. The molecule has 0 spiro atoms. The number of hydrogen-bond donors (Lipinski definition) is 0. The van der Waals surface area contributed by atoms with E-state index in [0.717, 1.165) is 16.9 Å². The zero-order valence-electron chi connectivity index (χ0n) is 12.6. The first-order valence-electron chi connectivity index (χ1n) is 6.58. The maximum atomic E-state index is 12.3. The van der Waals surface area contributed by atoms with Crippen LogP contribution in [0.25, 0.3) is 0 Å². The lowest BCUT2D eigenvalue weighted by molar-refractivity contribution is 0.0579. The molecule has 4 nitrogen and oxygen atoms in total. The molecule has 0 aromatic carbocycles. The summed E-state index contributed by atoms with van der Waals surface area (Å²) in [5.41, 5.74) is 2.36. The number of ether oxygens (including phenoxy) is 1. The van der Waals surface area contributed by atoms with E-state index in [1.807, 2.05) is 40.0 Å². The highest BCUT2D eigenvalue weighted by Crippen LogP contribution is 2.40. The molecule has 0 atom stereocenters. The van der Waals surface area contributed by atoms with E-state index in [2.05, 4.69) is 18.8 Å². The second-order valence-electron chi connectivity index (χ2n) is 6.79. The molecule has 0 radical (unpaired) electrons. The summed E-state index contributed by atoms with van der Waals surface area (Å²) < 4.78 is 5.48. The monoisotopic (exact) mass is 262 g/mol. The fourth-order valence-electron chi connectivity index (χ4n) is 2.34. The number of carbonyl (C=O) groups is 1. The summed E-state index contributed by atoms with van der Waals surface area (Å²) in [6.07, 6.45) is 1.58. The first-order chi connectivity index (χ1) is 8.60. The van der Waals surface area contributed by atoms with Gasteiger partial charge in [0, 0.05) is 29.4 Å². The fraction of sp³-hybridized carbons (Fsp3) is 0.600. The molecule has 19 heavy (non-hydrogen) atoms. The maximum Gasteiger partial charge on any atom is 0.414 e. The summed E-state index contributed by atoms with van der Waals surface area (Å²) in [6, 6.07) is 1.95. The van der Waals surface area contributed by atoms with Gasteiger partial charge in [0.05, 0.1) is 5.69 Å². The van der Waals surface area contributed by atoms with Gasteiger partial charge in [-0.15, -0.1) is 0 Å². The molecule has 0 fully saturated rings. The van der Waals surface area contributed by atoms with Crippen molar-refractivity contribution in [2.75, 3.05) is 11.4 Å². The highest BCUT2D eigenvalue weighted by molar-refractivity contribution is 5.91. The van der Waals surface area contributed by atoms with Crippen LogP contribution in [-0.2, 0) is 10.2 Å². The second kappa shape index (κ2) is 4.22. The zero-order valence-corrected chi connectivity index (χ0v) is 12.6. The predicted molar refractivity (Wildman–Crippen MR) is 75.6 cm³/mol. The van der Waals surface area contributed by atoms with Crippen LogP contribution in [0, 0.1) is 6.92 Å². The van der Waals surface area contributed by atoms with E-state index in [1.165, 1.54) is 0 Å². The minimum atomic E-state index is -0.480. The fourth-order valence-corrected chi connectivity index (χ4v) is 2.34. The lowest BCUT2D eigenvalue weighted by Gasteiger charge is -2.25. The lowest BCUT2D eigenvalue weighted by atomic mass is 9.88. The summed E-state index contributed by atoms with van der Waals surface area (Å²) in [5, 5.41) is 0. The van der Waals surface area contributed by atoms with Gasteiger partial charge in [0.15, 0.2) is 0 Å². The number of fused-ring (bicyclic) bond motifs is 1. The summed E-state index contributed by atoms with van der Waals surface area (Å²) in [7, 11) is 0. The van der Waals surface area contributed by atoms with Crippen molar-refractivity contribution in [2.24, 2.45) is 0 Å². The Bertz CT molecular complexity index is 515. The Morgan fingerprint density at radius 2 is 2.05 bits per heavy atom. The van der Waals surface area contributed by atoms with Crippen molar-refractivity contribution in [3.05, 3.63) is 23.5 Å². The Kier molecular flexibility index (Phi) is 3.07. The summed E-state index contributed by atoms with van der Waals surface area (Å²) >= 11 is 0. The molecule has 1 aliphatic heterocycles. The van der Waals surface area contributed by atoms with Gasteiger partial charge in [-0.1, -0.05) is 13.8 Å². The molecule has 2 heterocycles. The zero-order chi connectivity index (χ0) is 14.4. The van der Waals surface area contributed by atoms with Crippen molar-refractivity contribution < 1.29 is 9.53 Å². The van der Waals surface area contributed by atoms with E-state index in [-0.39, 0.29) is 11.5 Å². The Morgan fingerprint density at radius 3 is 2.63 bits per heavy atom. The summed E-state index contributed by atoms with van der Waals surface area (Å²) in [5.74, 6) is 0. The summed E-state index contributed by atoms with van der Waals surface area (Å²) in [4.78, 5) is 18.4. The quantitative estimate of drug-likeness (QED) is 0.719. The SMILES string of the molecule is Cc1cc2c(cn1)C(C)(C)CN2C(=O)OC(C)(C)C. The van der Waals surface area contributed by atoms with E-state index in [1.54, 1.807) is 4.90 Å². The van der Waals surface area contributed by atoms with Crippen LogP contribution in [0.2, 0.25) is 0 Å². The molecule has 0 saturated heterocycles. The van der Waals surface area contributed by atoms with Crippen molar-refractivity contribution in [3.8, 4) is 0 Å². The van der Waals surface area contributed by atoms with Crippen molar-refractivity contribution in [1.29, 1.82) is 0 Å². The lowest BCUT2D eigenvalue weighted by Crippen LogP contribution is -2.38. The third-order valence-corrected chi connectivity index (χ3v) is 3.21. The average Bonchev–Trinajstić information content (AvgIpc) is 2.48. The van der Waals surface area contributed by atoms with Gasteiger partial charge in [-0.2, -0.15) is 0 Å². The molecule has 2 rings (SSSR count). The smallest absolute Gasteiger partial charge is 0.414 e. The third kappa shape index (κ3) is 2.72. The Labute approximate surface area is 114 Å². The molecule has 104 valence electrons. The van der Waals surface area contributed by atoms with Crippen LogP contribution >= 0.6 is 0 Å². The van der Waals surface area contributed by atoms with E-state index in [4.69, 9.17) is 4.74 Å². The van der Waals surface area contributed by atoms with Crippen LogP contribution in [0.15, 0.2) is 12.3 Å². The molecule has 1 aliphatic rings. The normalized spacial score (nSPS) is 17.3.